The first kappa shape index (κ1) is 32.6. The van der Waals surface area contributed by atoms with E-state index in [1.165, 1.54) is 53.4 Å². The quantitative estimate of drug-likeness (QED) is 0.158. The van der Waals surface area contributed by atoms with Gasteiger partial charge >= 0.3 is 0 Å². The van der Waals surface area contributed by atoms with Crippen LogP contribution in [0.25, 0.3) is 70.5 Å². The van der Waals surface area contributed by atoms with Crippen molar-refractivity contribution in [1.29, 1.82) is 0 Å². The van der Waals surface area contributed by atoms with Gasteiger partial charge in [-0.15, -0.1) is 11.3 Å². The van der Waals surface area contributed by atoms with Gasteiger partial charge in [-0.05, 0) is 94.1 Å². The Morgan fingerprint density at radius 2 is 1.36 bits per heavy atom. The molecule has 0 N–H and O–H groups in total. The van der Waals surface area contributed by atoms with Crippen LogP contribution in [0.5, 0.6) is 0 Å². The fourth-order valence-electron chi connectivity index (χ4n) is 8.62. The predicted octanol–water partition coefficient (Wildman–Crippen LogP) is 12.9. The lowest BCUT2D eigenvalue weighted by Gasteiger charge is -2.32. The van der Waals surface area contributed by atoms with E-state index >= 15 is 0 Å². The Bertz CT molecular complexity index is 3290. The van der Waals surface area contributed by atoms with E-state index in [0.717, 1.165) is 62.5 Å². The highest BCUT2D eigenvalue weighted by Crippen LogP contribution is 2.43. The van der Waals surface area contributed by atoms with Crippen molar-refractivity contribution in [3.63, 3.8) is 0 Å². The lowest BCUT2D eigenvalue weighted by atomic mass is 9.93. The van der Waals surface area contributed by atoms with Crippen LogP contribution in [0.4, 0.5) is 11.4 Å². The van der Waals surface area contributed by atoms with Crippen molar-refractivity contribution in [2.24, 2.45) is 0 Å². The Balaban J connectivity index is 1.07. The van der Waals surface area contributed by atoms with Gasteiger partial charge in [-0.1, -0.05) is 139 Å². The molecule has 2 nitrogen and oxygen atoms in total. The zero-order valence-corrected chi connectivity index (χ0v) is 31.4. The van der Waals surface area contributed by atoms with Crippen molar-refractivity contribution in [1.82, 2.24) is 0 Å². The van der Waals surface area contributed by atoms with Crippen LogP contribution in [0.2, 0.25) is 0 Å². The van der Waals surface area contributed by atoms with Crippen LogP contribution in [-0.4, -0.2) is 0 Å². The number of hydrogen-bond acceptors (Lipinski definition) is 3. The van der Waals surface area contributed by atoms with Gasteiger partial charge < -0.3 is 9.32 Å². The fraction of sp³-hybridized carbons (Fsp3) is 0.0566. The Labute approximate surface area is 329 Å². The van der Waals surface area contributed by atoms with Crippen LogP contribution in [0.1, 0.15) is 30.4 Å². The van der Waals surface area contributed by atoms with Gasteiger partial charge in [0.2, 0.25) is 0 Å². The number of para-hydroxylation sites is 3. The molecule has 264 valence electrons. The number of allylic oxidation sites excluding steroid dienone is 4. The molecule has 2 aliphatic rings. The van der Waals surface area contributed by atoms with Crippen molar-refractivity contribution in [3.8, 4) is 23.0 Å². The molecular formula is C53H35NOS. The first-order valence-electron chi connectivity index (χ1n) is 19.3. The molecule has 3 heteroatoms. The minimum atomic E-state index is 0.679. The second-order valence-corrected chi connectivity index (χ2v) is 15.6. The molecule has 0 fully saturated rings. The zero-order valence-electron chi connectivity index (χ0n) is 30.6. The maximum Gasteiger partial charge on any atom is 0.143 e. The largest absolute Gasteiger partial charge is 0.455 e. The summed E-state index contributed by atoms with van der Waals surface area (Å²) < 4.78 is 9.11. The second kappa shape index (κ2) is 13.5. The number of anilines is 2. The third-order valence-corrected chi connectivity index (χ3v) is 12.4. The predicted molar refractivity (Wildman–Crippen MR) is 237 cm³/mol. The Morgan fingerprint density at radius 1 is 0.607 bits per heavy atom. The number of benzene rings is 7. The molecule has 0 aliphatic heterocycles. The Morgan fingerprint density at radius 3 is 2.30 bits per heavy atom. The van der Waals surface area contributed by atoms with Gasteiger partial charge in [0.1, 0.15) is 11.2 Å². The van der Waals surface area contributed by atoms with E-state index < -0.39 is 0 Å². The third-order valence-electron chi connectivity index (χ3n) is 11.3. The highest BCUT2D eigenvalue weighted by atomic mass is 32.1. The van der Waals surface area contributed by atoms with Crippen LogP contribution in [-0.2, 0) is 0 Å². The Hall–Kier alpha value is -6.86. The van der Waals surface area contributed by atoms with E-state index in [4.69, 9.17) is 4.42 Å². The maximum atomic E-state index is 6.46. The summed E-state index contributed by atoms with van der Waals surface area (Å²) in [5.74, 6) is 6.74. The average molecular weight is 734 g/mol. The summed E-state index contributed by atoms with van der Waals surface area (Å²) in [6.45, 7) is 0. The number of furan rings is 1. The molecule has 56 heavy (non-hydrogen) atoms. The van der Waals surface area contributed by atoms with Gasteiger partial charge in [-0.25, -0.2) is 0 Å². The topological polar surface area (TPSA) is 16.4 Å². The molecule has 9 aromatic rings. The number of hydrogen-bond donors (Lipinski definition) is 0. The van der Waals surface area contributed by atoms with E-state index in [1.807, 2.05) is 23.5 Å². The van der Waals surface area contributed by atoms with Crippen LogP contribution in [0.3, 0.4) is 0 Å². The minimum absolute atomic E-state index is 0.679. The minimum Gasteiger partial charge on any atom is -0.455 e. The number of fused-ring (bicyclic) bond motifs is 7. The molecule has 7 aromatic carbocycles. The van der Waals surface area contributed by atoms with Gasteiger partial charge in [-0.3, -0.25) is 0 Å². The number of nitrogens with zero attached hydrogens (tertiary/aromatic N) is 1. The summed E-state index contributed by atoms with van der Waals surface area (Å²) in [4.78, 5) is 2.49. The van der Waals surface area contributed by atoms with Crippen LogP contribution in [0.15, 0.2) is 180 Å². The van der Waals surface area contributed by atoms with Crippen molar-refractivity contribution < 1.29 is 4.42 Å². The van der Waals surface area contributed by atoms with E-state index in [-0.39, 0.29) is 0 Å². The third kappa shape index (κ3) is 5.50. The molecule has 0 atom stereocenters. The number of thiophene rings is 1. The van der Waals surface area contributed by atoms with Gasteiger partial charge in [0.15, 0.2) is 0 Å². The molecule has 2 heterocycles. The highest BCUT2D eigenvalue weighted by Gasteiger charge is 2.23. The molecule has 11 rings (SSSR count). The molecule has 0 amide bonds. The average Bonchev–Trinajstić information content (AvgIpc) is 3.75. The van der Waals surface area contributed by atoms with E-state index in [9.17, 15) is 0 Å². The van der Waals surface area contributed by atoms with Crippen molar-refractivity contribution in [2.45, 2.75) is 19.3 Å². The maximum absolute atomic E-state index is 6.46. The summed E-state index contributed by atoms with van der Waals surface area (Å²) in [5, 5.41) is 7.32. The summed E-state index contributed by atoms with van der Waals surface area (Å²) in [5.41, 5.74) is 12.5. The second-order valence-electron chi connectivity index (χ2n) is 14.5. The van der Waals surface area contributed by atoms with E-state index in [2.05, 4.69) is 181 Å². The van der Waals surface area contributed by atoms with Crippen LogP contribution < -0.4 is 15.3 Å². The molecular weight excluding hydrogens is 699 g/mol. The highest BCUT2D eigenvalue weighted by molar-refractivity contribution is 7.25. The first-order chi connectivity index (χ1) is 27.8. The molecule has 0 spiro atoms. The molecule has 2 aliphatic carbocycles. The fourth-order valence-corrected chi connectivity index (χ4v) is 9.76. The summed E-state index contributed by atoms with van der Waals surface area (Å²) in [6.07, 6.45) is 9.42. The summed E-state index contributed by atoms with van der Waals surface area (Å²) >= 11 is 1.87. The van der Waals surface area contributed by atoms with Crippen LogP contribution >= 0.6 is 11.3 Å². The smallest absolute Gasteiger partial charge is 0.143 e. The molecule has 0 unspecified atom stereocenters. The molecule has 0 bridgehead atoms. The lowest BCUT2D eigenvalue weighted by Crippen LogP contribution is -2.27. The summed E-state index contributed by atoms with van der Waals surface area (Å²) in [7, 11) is 0. The van der Waals surface area contributed by atoms with Crippen molar-refractivity contribution in [3.05, 3.63) is 197 Å². The van der Waals surface area contributed by atoms with Gasteiger partial charge in [0, 0.05) is 59.9 Å². The normalized spacial score (nSPS) is 13.8. The summed E-state index contributed by atoms with van der Waals surface area (Å²) in [6, 6.07) is 57.0. The van der Waals surface area contributed by atoms with Gasteiger partial charge in [0.05, 0.1) is 5.69 Å². The standard InChI is InChI=1S/C53H35NOS/c1-3-17-41-35(13-1)14-2-4-18-43(41)44-19-5-8-24-49(44)54(39-30-27-36(28-31-39)42-22-12-23-48-45-20-6-9-25-50(45)55-53(42)48)40-16-11-15-37(33-40)38-29-32-47-46-21-7-10-26-51(46)56-52(47)34-38/h1,3,5-10,12-15,17,19-34H,11,16,18H2. The zero-order chi connectivity index (χ0) is 37.0. The monoisotopic (exact) mass is 733 g/mol. The van der Waals surface area contributed by atoms with E-state index in [1.54, 1.807) is 0 Å². The molecule has 0 radical (unpaired) electrons. The molecule has 0 saturated heterocycles. The lowest BCUT2D eigenvalue weighted by molar-refractivity contribution is 0.670. The SMILES string of the molecule is C1#CCC(c2ccccc2N(C2=CC(c3ccc4c(c3)sc3ccccc34)=CCC2)c2ccc(-c3cccc4c3oc3ccccc34)cc2)=c2ccccc2=C1. The van der Waals surface area contributed by atoms with Crippen molar-refractivity contribution >= 4 is 82.0 Å². The molecule has 0 saturated carbocycles. The molecule has 2 aromatic heterocycles. The van der Waals surface area contributed by atoms with Gasteiger partial charge in [0.25, 0.3) is 0 Å². The van der Waals surface area contributed by atoms with E-state index in [0.29, 0.717) is 6.42 Å². The van der Waals surface area contributed by atoms with Crippen LogP contribution in [0, 0.1) is 11.8 Å². The number of rotatable bonds is 6. The first-order valence-corrected chi connectivity index (χ1v) is 20.1. The Kier molecular flexibility index (Phi) is 7.83. The van der Waals surface area contributed by atoms with Crippen molar-refractivity contribution in [2.75, 3.05) is 4.90 Å². The van der Waals surface area contributed by atoms with Gasteiger partial charge in [-0.2, -0.15) is 0 Å².